The fourth-order valence-corrected chi connectivity index (χ4v) is 0.993. The maximum atomic E-state index is 8.52. The van der Waals surface area contributed by atoms with Gasteiger partial charge in [0.15, 0.2) is 0 Å². The molecule has 0 saturated carbocycles. The molecule has 78 valence electrons. The van der Waals surface area contributed by atoms with Gasteiger partial charge in [0, 0.05) is 18.6 Å². The molecule has 1 unspecified atom stereocenters. The lowest BCUT2D eigenvalue weighted by molar-refractivity contribution is 0.131. The van der Waals surface area contributed by atoms with E-state index < -0.39 is 0 Å². The van der Waals surface area contributed by atoms with E-state index >= 15 is 0 Å². The summed E-state index contributed by atoms with van der Waals surface area (Å²) in [7, 11) is 0. The molecule has 0 saturated heterocycles. The molecule has 1 aromatic rings. The highest BCUT2D eigenvalue weighted by molar-refractivity contribution is 5.57. The summed E-state index contributed by atoms with van der Waals surface area (Å²) in [6, 6.07) is 12.0. The van der Waals surface area contributed by atoms with Crippen molar-refractivity contribution in [1.82, 2.24) is 0 Å². The third-order valence-corrected chi connectivity index (χ3v) is 1.90. The van der Waals surface area contributed by atoms with Gasteiger partial charge in [0.1, 0.15) is 6.61 Å². The van der Waals surface area contributed by atoms with Crippen molar-refractivity contribution in [3.63, 3.8) is 0 Å². The first-order chi connectivity index (χ1) is 7.33. The van der Waals surface area contributed by atoms with Crippen LogP contribution in [-0.4, -0.2) is 6.21 Å². The van der Waals surface area contributed by atoms with Crippen LogP contribution in [0.5, 0.6) is 0 Å². The van der Waals surface area contributed by atoms with Crippen molar-refractivity contribution in [3.05, 3.63) is 35.9 Å². The largest absolute Gasteiger partial charge is 0.391 e. The highest BCUT2D eigenvalue weighted by Gasteiger charge is 1.94. The van der Waals surface area contributed by atoms with Crippen molar-refractivity contribution in [2.24, 2.45) is 11.1 Å². The number of hydrogen-bond acceptors (Lipinski definition) is 3. The molecule has 0 aliphatic carbocycles. The zero-order valence-electron chi connectivity index (χ0n) is 8.76. The minimum absolute atomic E-state index is 0.00549. The van der Waals surface area contributed by atoms with E-state index in [1.807, 2.05) is 37.3 Å². The minimum atomic E-state index is -0.00549. The number of benzene rings is 1. The van der Waals surface area contributed by atoms with Crippen LogP contribution in [0.25, 0.3) is 0 Å². The Morgan fingerprint density at radius 2 is 2.20 bits per heavy atom. The Balaban J connectivity index is 2.20. The zero-order chi connectivity index (χ0) is 10.9. The van der Waals surface area contributed by atoms with Crippen LogP contribution in [-0.2, 0) is 11.4 Å². The van der Waals surface area contributed by atoms with Crippen LogP contribution in [0, 0.1) is 17.2 Å². The van der Waals surface area contributed by atoms with Gasteiger partial charge in [-0.15, -0.1) is 0 Å². The van der Waals surface area contributed by atoms with Crippen molar-refractivity contribution in [2.75, 3.05) is 0 Å². The summed E-state index contributed by atoms with van der Waals surface area (Å²) >= 11 is 0. The molecule has 0 aromatic heterocycles. The monoisotopic (exact) mass is 202 g/mol. The molecule has 3 nitrogen and oxygen atoms in total. The standard InChI is InChI=1S/C12H14N2O/c1-11(9-13)7-8-14-15-10-12-5-3-2-4-6-12/h2-6,8,11H,7,10H2,1H3/b14-8+. The quantitative estimate of drug-likeness (QED) is 0.544. The molecule has 0 radical (unpaired) electrons. The molecule has 0 fully saturated rings. The summed E-state index contributed by atoms with van der Waals surface area (Å²) in [5.74, 6) is -0.00549. The van der Waals surface area contributed by atoms with E-state index in [0.717, 1.165) is 5.56 Å². The van der Waals surface area contributed by atoms with Gasteiger partial charge in [-0.2, -0.15) is 5.26 Å². The third kappa shape index (κ3) is 4.82. The molecule has 0 heterocycles. The molecule has 0 spiro atoms. The first-order valence-electron chi connectivity index (χ1n) is 4.90. The van der Waals surface area contributed by atoms with Crippen LogP contribution in [0.2, 0.25) is 0 Å². The van der Waals surface area contributed by atoms with Crippen LogP contribution in [0.1, 0.15) is 18.9 Å². The van der Waals surface area contributed by atoms with Gasteiger partial charge in [0.05, 0.1) is 6.07 Å². The summed E-state index contributed by atoms with van der Waals surface area (Å²) in [5.41, 5.74) is 1.09. The predicted molar refractivity (Wildman–Crippen MR) is 59.1 cm³/mol. The van der Waals surface area contributed by atoms with Gasteiger partial charge >= 0.3 is 0 Å². The number of nitrogens with zero attached hydrogens (tertiary/aromatic N) is 2. The summed E-state index contributed by atoms with van der Waals surface area (Å²) < 4.78 is 0. The fourth-order valence-electron chi connectivity index (χ4n) is 0.993. The summed E-state index contributed by atoms with van der Waals surface area (Å²) in [5, 5.41) is 12.3. The molecule has 0 amide bonds. The van der Waals surface area contributed by atoms with Crippen LogP contribution in [0.3, 0.4) is 0 Å². The summed E-state index contributed by atoms with van der Waals surface area (Å²) in [4.78, 5) is 5.07. The van der Waals surface area contributed by atoms with E-state index in [9.17, 15) is 0 Å². The van der Waals surface area contributed by atoms with E-state index in [2.05, 4.69) is 11.2 Å². The maximum Gasteiger partial charge on any atom is 0.142 e. The highest BCUT2D eigenvalue weighted by Crippen LogP contribution is 2.01. The number of oxime groups is 1. The van der Waals surface area contributed by atoms with Crippen LogP contribution < -0.4 is 0 Å². The van der Waals surface area contributed by atoms with Crippen molar-refractivity contribution in [3.8, 4) is 6.07 Å². The summed E-state index contributed by atoms with van der Waals surface area (Å²) in [6.07, 6.45) is 2.27. The SMILES string of the molecule is CC(C#N)C/C=N/OCc1ccccc1. The Labute approximate surface area is 90.0 Å². The molecule has 1 aromatic carbocycles. The lowest BCUT2D eigenvalue weighted by Crippen LogP contribution is -1.91. The van der Waals surface area contributed by atoms with Crippen LogP contribution in [0.4, 0.5) is 0 Å². The van der Waals surface area contributed by atoms with Gasteiger partial charge in [-0.3, -0.25) is 0 Å². The summed E-state index contributed by atoms with van der Waals surface area (Å²) in [6.45, 7) is 2.32. The Kier molecular flexibility index (Phi) is 4.96. The fraction of sp³-hybridized carbons (Fsp3) is 0.333. The molecule has 15 heavy (non-hydrogen) atoms. The molecule has 1 atom stereocenters. The Bertz CT molecular complexity index is 340. The smallest absolute Gasteiger partial charge is 0.142 e. The van der Waals surface area contributed by atoms with E-state index in [-0.39, 0.29) is 5.92 Å². The van der Waals surface area contributed by atoms with Crippen molar-refractivity contribution in [2.45, 2.75) is 20.0 Å². The second-order valence-electron chi connectivity index (χ2n) is 3.31. The van der Waals surface area contributed by atoms with Crippen LogP contribution >= 0.6 is 0 Å². The van der Waals surface area contributed by atoms with E-state index in [4.69, 9.17) is 10.1 Å². The molecule has 1 rings (SSSR count). The van der Waals surface area contributed by atoms with Gasteiger partial charge in [-0.05, 0) is 12.5 Å². The van der Waals surface area contributed by atoms with Crippen molar-refractivity contribution < 1.29 is 4.84 Å². The number of nitriles is 1. The minimum Gasteiger partial charge on any atom is -0.391 e. The second-order valence-corrected chi connectivity index (χ2v) is 3.31. The van der Waals surface area contributed by atoms with Gasteiger partial charge in [0.25, 0.3) is 0 Å². The lowest BCUT2D eigenvalue weighted by Gasteiger charge is -1.98. The molecular weight excluding hydrogens is 188 g/mol. The highest BCUT2D eigenvalue weighted by atomic mass is 16.6. The Morgan fingerprint density at radius 1 is 1.47 bits per heavy atom. The lowest BCUT2D eigenvalue weighted by atomic mass is 10.1. The van der Waals surface area contributed by atoms with Gasteiger partial charge in [0.2, 0.25) is 0 Å². The van der Waals surface area contributed by atoms with E-state index in [1.54, 1.807) is 6.21 Å². The average molecular weight is 202 g/mol. The molecule has 0 aliphatic heterocycles. The normalized spacial score (nSPS) is 12.3. The predicted octanol–water partition coefficient (Wildman–Crippen LogP) is 2.74. The maximum absolute atomic E-state index is 8.52. The number of hydrogen-bond donors (Lipinski definition) is 0. The van der Waals surface area contributed by atoms with Gasteiger partial charge in [-0.25, -0.2) is 0 Å². The van der Waals surface area contributed by atoms with E-state index in [1.165, 1.54) is 0 Å². The topological polar surface area (TPSA) is 45.4 Å². The molecule has 3 heteroatoms. The van der Waals surface area contributed by atoms with Gasteiger partial charge < -0.3 is 4.84 Å². The molecule has 0 bridgehead atoms. The first kappa shape index (κ1) is 11.3. The second kappa shape index (κ2) is 6.61. The molecular formula is C12H14N2O. The Morgan fingerprint density at radius 3 is 2.87 bits per heavy atom. The zero-order valence-corrected chi connectivity index (χ0v) is 8.76. The molecule has 0 N–H and O–H groups in total. The van der Waals surface area contributed by atoms with E-state index in [0.29, 0.717) is 13.0 Å². The average Bonchev–Trinajstić information content (AvgIpc) is 2.29. The third-order valence-electron chi connectivity index (χ3n) is 1.90. The van der Waals surface area contributed by atoms with Gasteiger partial charge in [-0.1, -0.05) is 35.5 Å². The molecule has 0 aliphatic rings. The first-order valence-corrected chi connectivity index (χ1v) is 4.90. The Hall–Kier alpha value is -1.82. The number of rotatable bonds is 5. The van der Waals surface area contributed by atoms with Crippen LogP contribution in [0.15, 0.2) is 35.5 Å². The van der Waals surface area contributed by atoms with Crippen molar-refractivity contribution in [1.29, 1.82) is 5.26 Å². The van der Waals surface area contributed by atoms with Crippen molar-refractivity contribution >= 4 is 6.21 Å².